The van der Waals surface area contributed by atoms with Crippen molar-refractivity contribution in [2.45, 2.75) is 185 Å². The fourth-order valence-corrected chi connectivity index (χ4v) is 24.5. The fourth-order valence-electron chi connectivity index (χ4n) is 20.8. The first-order valence-corrected chi connectivity index (χ1v) is 42.6. The van der Waals surface area contributed by atoms with E-state index in [0.29, 0.717) is 140 Å². The molecule has 4 fully saturated rings. The number of aryl methyl sites for hydroxylation is 2. The van der Waals surface area contributed by atoms with Crippen molar-refractivity contribution >= 4 is 82.5 Å². The number of phenolic OH excluding ortho intramolecular Hbond substituents is 2. The summed E-state index contributed by atoms with van der Waals surface area (Å²) < 4.78 is 84.1. The van der Waals surface area contributed by atoms with Crippen molar-refractivity contribution in [2.24, 2.45) is 0 Å². The van der Waals surface area contributed by atoms with Gasteiger partial charge in [0, 0.05) is 113 Å². The van der Waals surface area contributed by atoms with E-state index in [1.54, 1.807) is 24.3 Å². The number of piperazine rings is 2. The van der Waals surface area contributed by atoms with Gasteiger partial charge in [-0.25, -0.2) is 9.59 Å². The van der Waals surface area contributed by atoms with Crippen LogP contribution in [-0.4, -0.2) is 213 Å². The number of halogens is 2. The highest BCUT2D eigenvalue weighted by Crippen LogP contribution is 2.68. The Hall–Kier alpha value is -9.37. The maximum absolute atomic E-state index is 15.0. The highest BCUT2D eigenvalue weighted by Gasteiger charge is 2.65. The highest BCUT2D eigenvalue weighted by molar-refractivity contribution is 7.99. The van der Waals surface area contributed by atoms with Crippen LogP contribution in [0.3, 0.4) is 0 Å². The van der Waals surface area contributed by atoms with Crippen LogP contribution in [0.4, 0.5) is 0 Å². The summed E-state index contributed by atoms with van der Waals surface area (Å²) in [5, 5.41) is 53.8. The van der Waals surface area contributed by atoms with Crippen molar-refractivity contribution in [3.8, 4) is 86.6 Å². The van der Waals surface area contributed by atoms with Crippen LogP contribution in [0, 0.1) is 39.0 Å². The number of methoxy groups -OCH3 is 4. The molecule has 2 spiro atoms. The lowest BCUT2D eigenvalue weighted by molar-refractivity contribution is -0.186. The molecule has 20 rings (SSSR count). The smallest absolute Gasteiger partial charge is 0.331 e. The van der Waals surface area contributed by atoms with Crippen LogP contribution in [0.25, 0.3) is 0 Å². The number of carbonyl (C=O) groups excluding carboxylic acids is 6. The minimum atomic E-state index is -1.43. The van der Waals surface area contributed by atoms with E-state index in [2.05, 4.69) is 31.4 Å². The molecule has 6 aromatic rings. The Bertz CT molecular complexity index is 5320. The van der Waals surface area contributed by atoms with E-state index in [0.717, 1.165) is 33.4 Å². The fraction of sp³-hybridized carbons (Fsp3) is 0.511. The second kappa shape index (κ2) is 34.3. The SMILES string of the molecule is C.C.C.COc1cc2c(cc1OC(=O)CCCl)CCN[C@]21CS[C@@H]2c3c(OC(C)=O)c(C)c4c(c3[C@H](COC1=O)N1C2[C@H]2c3c(cc(C)c(OC)c3O)C[C@@H]([C@@H]1C#N)N2C)OCO4.COc1cc2c(cc1OC(=O)CCCl)CCN[C@]21CS[C@@H]2c3c(OC(C)=O)c(C)c4c(c3[C@H](COC1=O)N1C2[C@H]2c3c(cc(C)c(OC)c3O)C[C@@H]([C@@H]1O)N2C)OCO4. The van der Waals surface area contributed by atoms with Gasteiger partial charge in [0.15, 0.2) is 80.1 Å². The van der Waals surface area contributed by atoms with Crippen molar-refractivity contribution < 1.29 is 110 Å². The minimum Gasteiger partial charge on any atom is -0.504 e. The molecule has 122 heavy (non-hydrogen) atoms. The Balaban J connectivity index is 0.000000194. The number of aliphatic hydroxyl groups is 1. The number of hydrogen-bond donors (Lipinski definition) is 5. The molecule has 654 valence electrons. The first kappa shape index (κ1) is 88.9. The molecule has 0 amide bonds. The van der Waals surface area contributed by atoms with Gasteiger partial charge in [-0.2, -0.15) is 5.26 Å². The molecule has 14 heterocycles. The molecule has 0 radical (unpaired) electrons. The van der Waals surface area contributed by atoms with Gasteiger partial charge in [0.05, 0.1) is 88.1 Å². The van der Waals surface area contributed by atoms with Gasteiger partial charge < -0.3 is 81.6 Å². The summed E-state index contributed by atoms with van der Waals surface area (Å²) in [4.78, 5) is 89.4. The van der Waals surface area contributed by atoms with Crippen molar-refractivity contribution in [3.05, 3.63) is 125 Å². The van der Waals surface area contributed by atoms with E-state index in [4.69, 9.17) is 89.5 Å². The largest absolute Gasteiger partial charge is 0.504 e. The van der Waals surface area contributed by atoms with E-state index in [9.17, 15) is 49.3 Å². The summed E-state index contributed by atoms with van der Waals surface area (Å²) in [5.74, 6) is 1.27. The maximum atomic E-state index is 15.0. The van der Waals surface area contributed by atoms with Gasteiger partial charge in [-0.1, -0.05) is 34.4 Å². The van der Waals surface area contributed by atoms with Crippen molar-refractivity contribution in [1.82, 2.24) is 30.2 Å². The highest BCUT2D eigenvalue weighted by atomic mass is 35.5. The minimum absolute atomic E-state index is 0. The molecule has 0 aromatic heterocycles. The van der Waals surface area contributed by atoms with Gasteiger partial charge in [0.2, 0.25) is 13.6 Å². The Morgan fingerprint density at radius 1 is 0.541 bits per heavy atom. The average molecular weight is 1760 g/mol. The quantitative estimate of drug-likeness (QED) is 0.0432. The molecular weight excluding hydrogens is 1660 g/mol. The first-order valence-electron chi connectivity index (χ1n) is 39.4. The lowest BCUT2D eigenvalue weighted by atomic mass is 9.71. The number of hydrogen-bond acceptors (Lipinski definition) is 32. The number of benzene rings is 6. The number of nitrogens with zero attached hydrogens (tertiary/aromatic N) is 5. The lowest BCUT2D eigenvalue weighted by Crippen LogP contribution is -2.70. The number of likely N-dealkylation sites (N-methyl/N-ethyl adjacent to an activating group) is 2. The number of esters is 6. The van der Waals surface area contributed by atoms with E-state index in [1.807, 2.05) is 58.8 Å². The number of nitrogens with one attached hydrogen (secondary N) is 2. The summed E-state index contributed by atoms with van der Waals surface area (Å²) in [6, 6.07) is 8.35. The molecule has 30 nitrogen and oxygen atoms in total. The van der Waals surface area contributed by atoms with Crippen LogP contribution in [0.1, 0.15) is 173 Å². The second-order valence-electron chi connectivity index (χ2n) is 31.8. The molecular formula is C88H103Cl2N7O23S2. The van der Waals surface area contributed by atoms with Gasteiger partial charge in [-0.05, 0) is 136 Å². The van der Waals surface area contributed by atoms with E-state index >= 15 is 0 Å². The van der Waals surface area contributed by atoms with Crippen LogP contribution in [0.5, 0.6) is 80.5 Å². The maximum Gasteiger partial charge on any atom is 0.331 e. The molecule has 5 N–H and O–H groups in total. The predicted molar refractivity (Wildman–Crippen MR) is 451 cm³/mol. The zero-order valence-electron chi connectivity index (χ0n) is 67.5. The van der Waals surface area contributed by atoms with Gasteiger partial charge in [0.1, 0.15) is 37.0 Å². The van der Waals surface area contributed by atoms with Gasteiger partial charge in [-0.15, -0.1) is 46.7 Å². The van der Waals surface area contributed by atoms with Crippen LogP contribution >= 0.6 is 46.7 Å². The average Bonchev–Trinajstić information content (AvgIpc) is 0.958. The van der Waals surface area contributed by atoms with Crippen molar-refractivity contribution in [3.63, 3.8) is 0 Å². The van der Waals surface area contributed by atoms with Gasteiger partial charge >= 0.3 is 35.8 Å². The summed E-state index contributed by atoms with van der Waals surface area (Å²) in [7, 11) is 9.91. The van der Waals surface area contributed by atoms with Crippen LogP contribution < -0.4 is 67.5 Å². The summed E-state index contributed by atoms with van der Waals surface area (Å²) >= 11 is 14.5. The number of phenols is 2. The molecule has 8 bridgehead atoms. The second-order valence-corrected chi connectivity index (χ2v) is 34.8. The van der Waals surface area contributed by atoms with Crippen molar-refractivity contribution in [2.75, 3.05) is 106 Å². The van der Waals surface area contributed by atoms with Crippen LogP contribution in [0.15, 0.2) is 36.4 Å². The van der Waals surface area contributed by atoms with Crippen molar-refractivity contribution in [1.29, 1.82) is 5.26 Å². The van der Waals surface area contributed by atoms with Gasteiger partial charge in [0.25, 0.3) is 0 Å². The third kappa shape index (κ3) is 13.8. The number of carbonyl (C=O) groups is 6. The molecule has 6 aromatic carbocycles. The molecule has 34 heteroatoms. The number of rotatable bonds is 12. The number of fused-ring (bicyclic) bond motifs is 18. The molecule has 2 unspecified atom stereocenters. The molecule has 14 atom stereocenters. The summed E-state index contributed by atoms with van der Waals surface area (Å²) in [6.07, 6.45) is 0.877. The van der Waals surface area contributed by atoms with E-state index in [-0.39, 0.29) is 126 Å². The molecule has 4 saturated heterocycles. The number of aliphatic hydroxyl groups excluding tert-OH is 1. The zero-order valence-corrected chi connectivity index (χ0v) is 70.7. The topological polar surface area (TPSA) is 353 Å². The standard InChI is InChI=1S/C43H45ClN4O11S.C42H46ClN3O12S.3CH4/c1-19-11-23-12-25-26(15-45)48-27-16-55-42(52)43(24-14-28(53-5)29(59-30(50)7-9-44)13-22(24)8-10-46-43)17-60-41(35(48)34(47(25)4)31(23)36(51)37(19)54-6)33-32(27)40-39(56-18-57-40)20(2)38(33)58-21(3)49;1-18-11-22-12-24-40(50)46-25-15-54-41(51)42(23-14-26(52-5)27(58-28(48)7-9-43)13-21(23)8-10-44-42)16-59-39(33(46)32(45(24)4)29(22)34(49)35(18)53-6)31-30(25)38-37(55-17-56-38)19(2)36(31)57-20(3)47;;;/h11,13-14,25-27,34-35,41,46,51H,7-10,12,16-18H2,1-6H3;11,13-14,24-25,32-33,39-40,44,49-50H,7-10,12,15-17H2,1-6H3;3*1H4/t25-,26-,27-,34+,35?,41+,43+;24-,25-,32+,33?,39+,40-,42+;;;/m00.../s1. The first-order chi connectivity index (χ1) is 57.2. The molecule has 0 aliphatic carbocycles. The molecule has 14 aliphatic rings. The van der Waals surface area contributed by atoms with E-state index in [1.165, 1.54) is 65.8 Å². The number of ether oxygens (including phenoxy) is 14. The molecule has 0 saturated carbocycles. The number of alkyl halides is 2. The van der Waals surface area contributed by atoms with Gasteiger partial charge in [-0.3, -0.25) is 49.4 Å². The monoisotopic (exact) mass is 1760 g/mol. The van der Waals surface area contributed by atoms with E-state index < -0.39 is 112 Å². The predicted octanol–water partition coefficient (Wildman–Crippen LogP) is 11.0. The normalized spacial score (nSPS) is 26.9. The third-order valence-corrected chi connectivity index (χ3v) is 29.0. The Labute approximate surface area is 726 Å². The third-order valence-electron chi connectivity index (χ3n) is 25.7. The lowest BCUT2D eigenvalue weighted by Gasteiger charge is -2.62. The Kier molecular flexibility index (Phi) is 25.0. The number of aromatic hydroxyl groups is 2. The zero-order chi connectivity index (χ0) is 84.0. The Morgan fingerprint density at radius 3 is 1.36 bits per heavy atom. The van der Waals surface area contributed by atoms with Crippen LogP contribution in [-0.2, 0) is 75.0 Å². The number of thioether (sulfide) groups is 2. The Morgan fingerprint density at radius 2 is 0.951 bits per heavy atom. The summed E-state index contributed by atoms with van der Waals surface area (Å²) in [5.41, 5.74) is 8.32. The molecule has 14 aliphatic heterocycles. The summed E-state index contributed by atoms with van der Waals surface area (Å²) in [6.45, 7) is 10.3. The van der Waals surface area contributed by atoms with Crippen LogP contribution in [0.2, 0.25) is 0 Å². The number of nitriles is 1.